The first-order chi connectivity index (χ1) is 8.31. The van der Waals surface area contributed by atoms with E-state index >= 15 is 0 Å². The molecule has 96 valence electrons. The van der Waals surface area contributed by atoms with E-state index in [-0.39, 0.29) is 0 Å². The summed E-state index contributed by atoms with van der Waals surface area (Å²) in [4.78, 5) is 1.35. The smallest absolute Gasteiger partial charge is 0.0545 e. The molecule has 1 aliphatic carbocycles. The van der Waals surface area contributed by atoms with Gasteiger partial charge in [0.25, 0.3) is 0 Å². The Bertz CT molecular complexity index is 331. The Morgan fingerprint density at radius 3 is 2.82 bits per heavy atom. The third kappa shape index (κ3) is 3.70. The highest BCUT2D eigenvalue weighted by Crippen LogP contribution is 2.32. The van der Waals surface area contributed by atoms with Crippen molar-refractivity contribution in [1.29, 1.82) is 0 Å². The second-order valence-corrected chi connectivity index (χ2v) is 6.41. The fourth-order valence-electron chi connectivity index (χ4n) is 2.77. The number of hydrogen-bond acceptors (Lipinski definition) is 2. The Balaban J connectivity index is 1.97. The van der Waals surface area contributed by atoms with Gasteiger partial charge in [-0.05, 0) is 49.6 Å². The van der Waals surface area contributed by atoms with Gasteiger partial charge in [0.1, 0.15) is 0 Å². The highest BCUT2D eigenvalue weighted by molar-refractivity contribution is 7.10. The Morgan fingerprint density at radius 1 is 1.47 bits per heavy atom. The van der Waals surface area contributed by atoms with Crippen molar-refractivity contribution in [2.45, 2.75) is 51.5 Å². The van der Waals surface area contributed by atoms with Crippen molar-refractivity contribution < 1.29 is 0 Å². The molecule has 1 aromatic heterocycles. The van der Waals surface area contributed by atoms with Crippen LogP contribution in [0.3, 0.4) is 0 Å². The van der Waals surface area contributed by atoms with Crippen LogP contribution in [-0.2, 0) is 6.42 Å². The topological polar surface area (TPSA) is 12.0 Å². The van der Waals surface area contributed by atoms with Gasteiger partial charge < -0.3 is 5.32 Å². The summed E-state index contributed by atoms with van der Waals surface area (Å²) in [7, 11) is 0. The Morgan fingerprint density at radius 2 is 2.24 bits per heavy atom. The predicted molar refractivity (Wildman–Crippen MR) is 77.1 cm³/mol. The zero-order chi connectivity index (χ0) is 12.1. The summed E-state index contributed by atoms with van der Waals surface area (Å²) in [5, 5.41) is 6.78. The van der Waals surface area contributed by atoms with Crippen LogP contribution >= 0.6 is 22.9 Å². The molecule has 0 saturated heterocycles. The lowest BCUT2D eigenvalue weighted by molar-refractivity contribution is 0.358. The first-order valence-corrected chi connectivity index (χ1v) is 8.02. The van der Waals surface area contributed by atoms with Crippen LogP contribution in [-0.4, -0.2) is 12.6 Å². The molecule has 3 heteroatoms. The van der Waals surface area contributed by atoms with E-state index in [1.165, 1.54) is 37.0 Å². The lowest BCUT2D eigenvalue weighted by Gasteiger charge is -2.24. The van der Waals surface area contributed by atoms with E-state index in [0.717, 1.165) is 23.9 Å². The van der Waals surface area contributed by atoms with Crippen LogP contribution in [0, 0.1) is 5.92 Å². The number of thiophene rings is 1. The summed E-state index contributed by atoms with van der Waals surface area (Å²) in [5.41, 5.74) is 0. The van der Waals surface area contributed by atoms with Crippen LogP contribution in [0.5, 0.6) is 0 Å². The van der Waals surface area contributed by atoms with Crippen LogP contribution in [0.4, 0.5) is 0 Å². The molecule has 0 bridgehead atoms. The largest absolute Gasteiger partial charge is 0.313 e. The normalized spacial score (nSPS) is 18.7. The van der Waals surface area contributed by atoms with E-state index in [2.05, 4.69) is 17.6 Å². The van der Waals surface area contributed by atoms with Crippen molar-refractivity contribution in [3.8, 4) is 0 Å². The molecule has 1 saturated carbocycles. The molecule has 0 radical (unpaired) electrons. The van der Waals surface area contributed by atoms with Crippen molar-refractivity contribution in [2.75, 3.05) is 6.54 Å². The van der Waals surface area contributed by atoms with E-state index in [1.54, 1.807) is 11.3 Å². The van der Waals surface area contributed by atoms with Gasteiger partial charge in [0.05, 0.1) is 5.02 Å². The average Bonchev–Trinajstić information content (AvgIpc) is 2.96. The third-order valence-electron chi connectivity index (χ3n) is 3.72. The molecule has 1 atom stereocenters. The summed E-state index contributed by atoms with van der Waals surface area (Å²) in [5.74, 6) is 0.861. The maximum atomic E-state index is 6.21. The van der Waals surface area contributed by atoms with Crippen molar-refractivity contribution in [3.63, 3.8) is 0 Å². The van der Waals surface area contributed by atoms with Gasteiger partial charge in [-0.3, -0.25) is 0 Å². The van der Waals surface area contributed by atoms with Crippen LogP contribution in [0.15, 0.2) is 11.4 Å². The molecular weight excluding hydrogens is 250 g/mol. The van der Waals surface area contributed by atoms with Gasteiger partial charge in [0.2, 0.25) is 0 Å². The molecule has 1 fully saturated rings. The summed E-state index contributed by atoms with van der Waals surface area (Å²) < 4.78 is 0. The lowest BCUT2D eigenvalue weighted by Crippen LogP contribution is -2.37. The van der Waals surface area contributed by atoms with Gasteiger partial charge in [0, 0.05) is 10.9 Å². The molecule has 17 heavy (non-hydrogen) atoms. The summed E-state index contributed by atoms with van der Waals surface area (Å²) >= 11 is 8.01. The maximum Gasteiger partial charge on any atom is 0.0545 e. The molecule has 0 spiro atoms. The van der Waals surface area contributed by atoms with Gasteiger partial charge in [-0.25, -0.2) is 0 Å². The molecule has 1 N–H and O–H groups in total. The predicted octanol–water partition coefficient (Wildman–Crippen LogP) is 4.50. The molecule has 1 aliphatic rings. The Hall–Kier alpha value is -0.0500. The van der Waals surface area contributed by atoms with E-state index in [0.29, 0.717) is 6.04 Å². The summed E-state index contributed by atoms with van der Waals surface area (Å²) in [6.45, 7) is 3.36. The maximum absolute atomic E-state index is 6.21. The van der Waals surface area contributed by atoms with Crippen LogP contribution in [0.1, 0.15) is 43.9 Å². The molecule has 1 nitrogen and oxygen atoms in total. The molecule has 0 aliphatic heterocycles. The fourth-order valence-corrected chi connectivity index (χ4v) is 3.94. The molecule has 1 aromatic rings. The third-order valence-corrected chi connectivity index (χ3v) is 5.13. The number of hydrogen-bond donors (Lipinski definition) is 1. The molecule has 1 unspecified atom stereocenters. The monoisotopic (exact) mass is 271 g/mol. The van der Waals surface area contributed by atoms with Gasteiger partial charge in [-0.1, -0.05) is 31.4 Å². The summed E-state index contributed by atoms with van der Waals surface area (Å²) in [6, 6.07) is 2.65. The van der Waals surface area contributed by atoms with Gasteiger partial charge in [-0.2, -0.15) is 0 Å². The van der Waals surface area contributed by atoms with Crippen LogP contribution in [0.2, 0.25) is 5.02 Å². The zero-order valence-corrected chi connectivity index (χ0v) is 12.1. The minimum atomic E-state index is 0.633. The van der Waals surface area contributed by atoms with Crippen LogP contribution in [0.25, 0.3) is 0 Å². The zero-order valence-electron chi connectivity index (χ0n) is 10.5. The summed E-state index contributed by atoms with van der Waals surface area (Å²) in [6.07, 6.45) is 7.93. The van der Waals surface area contributed by atoms with Crippen molar-refractivity contribution in [3.05, 3.63) is 21.3 Å². The molecule has 0 amide bonds. The van der Waals surface area contributed by atoms with Gasteiger partial charge in [0.15, 0.2) is 0 Å². The van der Waals surface area contributed by atoms with E-state index in [1.807, 2.05) is 6.07 Å². The van der Waals surface area contributed by atoms with Gasteiger partial charge in [-0.15, -0.1) is 11.3 Å². The number of rotatable bonds is 6. The second-order valence-electron chi connectivity index (χ2n) is 5.00. The van der Waals surface area contributed by atoms with Gasteiger partial charge >= 0.3 is 0 Å². The molecule has 2 rings (SSSR count). The standard InChI is InChI=1S/C14H22ClNS/c1-2-8-16-13(11-5-3-4-6-11)10-14-12(15)7-9-17-14/h7,9,11,13,16H,2-6,8,10H2,1H3. The van der Waals surface area contributed by atoms with E-state index in [4.69, 9.17) is 11.6 Å². The number of halogens is 1. The second kappa shape index (κ2) is 6.77. The lowest BCUT2D eigenvalue weighted by atomic mass is 9.94. The minimum Gasteiger partial charge on any atom is -0.313 e. The highest BCUT2D eigenvalue weighted by Gasteiger charge is 2.25. The Kier molecular flexibility index (Phi) is 5.33. The molecule has 1 heterocycles. The molecular formula is C14H22ClNS. The quantitative estimate of drug-likeness (QED) is 0.803. The minimum absolute atomic E-state index is 0.633. The number of nitrogens with one attached hydrogen (secondary N) is 1. The van der Waals surface area contributed by atoms with Crippen molar-refractivity contribution in [2.24, 2.45) is 5.92 Å². The first-order valence-electron chi connectivity index (χ1n) is 6.76. The van der Waals surface area contributed by atoms with Crippen molar-refractivity contribution >= 4 is 22.9 Å². The Labute approximate surface area is 114 Å². The van der Waals surface area contributed by atoms with E-state index in [9.17, 15) is 0 Å². The average molecular weight is 272 g/mol. The van der Waals surface area contributed by atoms with E-state index < -0.39 is 0 Å². The van der Waals surface area contributed by atoms with Crippen molar-refractivity contribution in [1.82, 2.24) is 5.32 Å². The highest BCUT2D eigenvalue weighted by atomic mass is 35.5. The van der Waals surface area contributed by atoms with Crippen LogP contribution < -0.4 is 5.32 Å². The molecule has 0 aromatic carbocycles. The fraction of sp³-hybridized carbons (Fsp3) is 0.714. The SMILES string of the molecule is CCCNC(Cc1sccc1Cl)C1CCCC1. The first kappa shape index (κ1) is 13.4.